The van der Waals surface area contributed by atoms with Gasteiger partial charge in [-0.05, 0) is 37.9 Å². The molecule has 1 fully saturated rings. The number of nitrogens with one attached hydrogen (secondary N) is 1. The lowest BCUT2D eigenvalue weighted by Crippen LogP contribution is -2.17. The molecule has 3 rings (SSSR count). The van der Waals surface area contributed by atoms with Crippen LogP contribution in [0.5, 0.6) is 0 Å². The fourth-order valence-corrected chi connectivity index (χ4v) is 2.13. The number of aryl methyl sites for hydroxylation is 1. The van der Waals surface area contributed by atoms with Gasteiger partial charge in [0.05, 0.1) is 10.6 Å². The minimum absolute atomic E-state index is 0.0341. The van der Waals surface area contributed by atoms with Gasteiger partial charge < -0.3 is 9.73 Å². The molecule has 1 aliphatic carbocycles. The second kappa shape index (κ2) is 6.07. The Bertz CT molecular complexity index is 643. The molecule has 0 unspecified atom stereocenters. The first kappa shape index (κ1) is 14.4. The van der Waals surface area contributed by atoms with Crippen molar-refractivity contribution in [1.29, 1.82) is 0 Å². The van der Waals surface area contributed by atoms with E-state index in [4.69, 9.17) is 16.0 Å². The summed E-state index contributed by atoms with van der Waals surface area (Å²) in [4.78, 5) is 0. The molecule has 0 amide bonds. The highest BCUT2D eigenvalue weighted by Gasteiger charge is 2.20. The van der Waals surface area contributed by atoms with E-state index in [2.05, 4.69) is 15.5 Å². The predicted octanol–water partition coefficient (Wildman–Crippen LogP) is 3.35. The minimum atomic E-state index is -0.721. The molecule has 1 heterocycles. The lowest BCUT2D eigenvalue weighted by Gasteiger charge is -2.00. The summed E-state index contributed by atoms with van der Waals surface area (Å²) in [6, 6.07) is 2.52. The van der Waals surface area contributed by atoms with Crippen molar-refractivity contribution in [3.8, 4) is 11.5 Å². The maximum Gasteiger partial charge on any atom is 0.250 e. The lowest BCUT2D eigenvalue weighted by atomic mass is 10.2. The quantitative estimate of drug-likeness (QED) is 0.656. The summed E-state index contributed by atoms with van der Waals surface area (Å²) < 4.78 is 32.5. The minimum Gasteiger partial charge on any atom is -0.421 e. The fourth-order valence-electron chi connectivity index (χ4n) is 1.98. The molecule has 0 bridgehead atoms. The van der Waals surface area contributed by atoms with Crippen molar-refractivity contribution in [1.82, 2.24) is 15.5 Å². The maximum atomic E-state index is 13.7. The van der Waals surface area contributed by atoms with Crippen LogP contribution in [0.25, 0.3) is 11.5 Å². The van der Waals surface area contributed by atoms with E-state index < -0.39 is 11.6 Å². The second-order valence-electron chi connectivity index (χ2n) is 5.08. The van der Waals surface area contributed by atoms with Crippen molar-refractivity contribution in [2.75, 3.05) is 6.54 Å². The van der Waals surface area contributed by atoms with Crippen molar-refractivity contribution < 1.29 is 13.2 Å². The van der Waals surface area contributed by atoms with Gasteiger partial charge in [-0.15, -0.1) is 10.2 Å². The molecule has 112 valence electrons. The zero-order chi connectivity index (χ0) is 14.8. The Hall–Kier alpha value is -1.53. The van der Waals surface area contributed by atoms with Crippen LogP contribution >= 0.6 is 11.6 Å². The predicted molar refractivity (Wildman–Crippen MR) is 74.0 cm³/mol. The molecule has 1 N–H and O–H groups in total. The first-order chi connectivity index (χ1) is 10.1. The Kier molecular flexibility index (Phi) is 4.17. The number of rotatable bonds is 6. The highest BCUT2D eigenvalue weighted by Crippen LogP contribution is 2.27. The Labute approximate surface area is 125 Å². The maximum absolute atomic E-state index is 13.7. The fraction of sp³-hybridized carbons (Fsp3) is 0.429. The number of benzene rings is 1. The van der Waals surface area contributed by atoms with Gasteiger partial charge in [-0.25, -0.2) is 8.78 Å². The van der Waals surface area contributed by atoms with Crippen LogP contribution < -0.4 is 5.32 Å². The Morgan fingerprint density at radius 3 is 2.81 bits per heavy atom. The zero-order valence-corrected chi connectivity index (χ0v) is 12.0. The van der Waals surface area contributed by atoms with Crippen LogP contribution in [0.2, 0.25) is 5.02 Å². The number of hydrogen-bond donors (Lipinski definition) is 1. The van der Waals surface area contributed by atoms with Crippen LogP contribution in [-0.2, 0) is 6.42 Å². The average Bonchev–Trinajstić information content (AvgIpc) is 3.16. The van der Waals surface area contributed by atoms with E-state index in [0.717, 1.165) is 25.1 Å². The molecule has 1 aromatic carbocycles. The molecule has 1 aliphatic rings. The zero-order valence-electron chi connectivity index (χ0n) is 11.2. The van der Waals surface area contributed by atoms with Gasteiger partial charge in [0, 0.05) is 12.5 Å². The van der Waals surface area contributed by atoms with E-state index in [1.54, 1.807) is 0 Å². The van der Waals surface area contributed by atoms with Gasteiger partial charge >= 0.3 is 0 Å². The molecule has 0 atom stereocenters. The number of aromatic nitrogens is 2. The number of hydrogen-bond acceptors (Lipinski definition) is 4. The van der Waals surface area contributed by atoms with Crippen LogP contribution in [0.1, 0.15) is 25.2 Å². The van der Waals surface area contributed by atoms with Crippen molar-refractivity contribution in [3.63, 3.8) is 0 Å². The van der Waals surface area contributed by atoms with Crippen molar-refractivity contribution in [2.45, 2.75) is 31.7 Å². The molecule has 4 nitrogen and oxygen atoms in total. The van der Waals surface area contributed by atoms with Gasteiger partial charge in [0.2, 0.25) is 5.89 Å². The SMILES string of the molecule is Fc1cc(-c2nnc(CCCNC3CC3)o2)c(F)cc1Cl. The molecule has 1 aromatic heterocycles. The monoisotopic (exact) mass is 313 g/mol. The normalized spacial score (nSPS) is 14.6. The molecule has 21 heavy (non-hydrogen) atoms. The molecule has 1 saturated carbocycles. The van der Waals surface area contributed by atoms with E-state index in [1.807, 2.05) is 0 Å². The van der Waals surface area contributed by atoms with Crippen LogP contribution in [0.4, 0.5) is 8.78 Å². The first-order valence-electron chi connectivity index (χ1n) is 6.84. The number of halogens is 3. The third-order valence-electron chi connectivity index (χ3n) is 3.29. The second-order valence-corrected chi connectivity index (χ2v) is 5.49. The molecule has 7 heteroatoms. The van der Waals surface area contributed by atoms with E-state index in [9.17, 15) is 8.78 Å². The van der Waals surface area contributed by atoms with E-state index in [-0.39, 0.29) is 16.5 Å². The van der Waals surface area contributed by atoms with Gasteiger partial charge in [0.1, 0.15) is 11.6 Å². The summed E-state index contributed by atoms with van der Waals surface area (Å²) in [5.41, 5.74) is -0.0771. The van der Waals surface area contributed by atoms with Crippen molar-refractivity contribution in [2.24, 2.45) is 0 Å². The van der Waals surface area contributed by atoms with Crippen molar-refractivity contribution >= 4 is 11.6 Å². The van der Waals surface area contributed by atoms with Gasteiger partial charge in [0.15, 0.2) is 0 Å². The Morgan fingerprint density at radius 1 is 1.24 bits per heavy atom. The topological polar surface area (TPSA) is 51.0 Å². The summed E-state index contributed by atoms with van der Waals surface area (Å²) >= 11 is 5.51. The van der Waals surface area contributed by atoms with Gasteiger partial charge in [-0.3, -0.25) is 0 Å². The average molecular weight is 314 g/mol. The van der Waals surface area contributed by atoms with Crippen LogP contribution in [0.15, 0.2) is 16.5 Å². The van der Waals surface area contributed by atoms with Crippen molar-refractivity contribution in [3.05, 3.63) is 34.7 Å². The highest BCUT2D eigenvalue weighted by atomic mass is 35.5. The Balaban J connectivity index is 1.64. The third-order valence-corrected chi connectivity index (χ3v) is 3.57. The summed E-state index contributed by atoms with van der Waals surface area (Å²) in [7, 11) is 0. The Morgan fingerprint density at radius 2 is 2.05 bits per heavy atom. The smallest absolute Gasteiger partial charge is 0.250 e. The molecule has 0 saturated heterocycles. The largest absolute Gasteiger partial charge is 0.421 e. The highest BCUT2D eigenvalue weighted by molar-refractivity contribution is 6.30. The molecule has 0 aliphatic heterocycles. The first-order valence-corrected chi connectivity index (χ1v) is 7.22. The van der Waals surface area contributed by atoms with E-state index in [0.29, 0.717) is 18.4 Å². The number of nitrogens with zero attached hydrogens (tertiary/aromatic N) is 2. The van der Waals surface area contributed by atoms with E-state index >= 15 is 0 Å². The summed E-state index contributed by atoms with van der Waals surface area (Å²) in [6.07, 6.45) is 3.94. The molecule has 0 spiro atoms. The van der Waals surface area contributed by atoms with Crippen LogP contribution in [-0.4, -0.2) is 22.8 Å². The lowest BCUT2D eigenvalue weighted by molar-refractivity contribution is 0.487. The van der Waals surface area contributed by atoms with Crippen LogP contribution in [0.3, 0.4) is 0 Å². The summed E-state index contributed by atoms with van der Waals surface area (Å²) in [6.45, 7) is 0.881. The summed E-state index contributed by atoms with van der Waals surface area (Å²) in [5.74, 6) is -1.03. The van der Waals surface area contributed by atoms with Crippen LogP contribution in [0, 0.1) is 11.6 Å². The molecular weight excluding hydrogens is 300 g/mol. The van der Waals surface area contributed by atoms with Gasteiger partial charge in [0.25, 0.3) is 5.89 Å². The van der Waals surface area contributed by atoms with Gasteiger partial charge in [-0.2, -0.15) is 0 Å². The molecule has 0 radical (unpaired) electrons. The summed E-state index contributed by atoms with van der Waals surface area (Å²) in [5, 5.41) is 10.7. The molecular formula is C14H14ClF2N3O. The van der Waals surface area contributed by atoms with E-state index in [1.165, 1.54) is 12.8 Å². The van der Waals surface area contributed by atoms with Gasteiger partial charge in [-0.1, -0.05) is 11.6 Å². The standard InChI is InChI=1S/C14H14ClF2N3O/c15-10-7-11(16)9(6-12(10)17)14-20-19-13(21-14)2-1-5-18-8-3-4-8/h6-8,18H,1-5H2. The molecule has 2 aromatic rings. The third kappa shape index (κ3) is 3.57.